The number of fused-ring (bicyclic) bond motifs is 3. The lowest BCUT2D eigenvalue weighted by atomic mass is 9.90. The van der Waals surface area contributed by atoms with Crippen LogP contribution in [0.2, 0.25) is 0 Å². The zero-order chi connectivity index (χ0) is 16.5. The van der Waals surface area contributed by atoms with Crippen LogP contribution in [0.1, 0.15) is 5.56 Å². The molecule has 3 heterocycles. The highest BCUT2D eigenvalue weighted by molar-refractivity contribution is 7.54. The zero-order valence-corrected chi connectivity index (χ0v) is 13.7. The second kappa shape index (κ2) is 6.14. The van der Waals surface area contributed by atoms with E-state index >= 15 is 0 Å². The van der Waals surface area contributed by atoms with Crippen molar-refractivity contribution in [2.45, 2.75) is 6.92 Å². The molecule has 3 fully saturated rings. The van der Waals surface area contributed by atoms with E-state index in [2.05, 4.69) is 10.3 Å². The number of rotatable bonds is 2. The predicted molar refractivity (Wildman–Crippen MR) is 80.6 cm³/mol. The number of phosphoric acid groups is 1. The van der Waals surface area contributed by atoms with E-state index in [9.17, 15) is 9.69 Å². The molecule has 0 unspecified atom stereocenters. The maximum atomic E-state index is 12.5. The molecule has 0 aliphatic carbocycles. The third kappa shape index (κ3) is 3.36. The number of aliphatic imine (C=N–C) groups is 1. The fourth-order valence-electron chi connectivity index (χ4n) is 2.13. The first-order valence-corrected chi connectivity index (χ1v) is 8.45. The summed E-state index contributed by atoms with van der Waals surface area (Å²) in [6.07, 6.45) is 0. The molecule has 2 bridgehead atoms. The van der Waals surface area contributed by atoms with Crippen molar-refractivity contribution in [1.29, 1.82) is 0 Å². The number of nitrogens with one attached hydrogen (secondary N) is 1. The van der Waals surface area contributed by atoms with Crippen LogP contribution in [-0.2, 0) is 23.1 Å². The Kier molecular flexibility index (Phi) is 4.35. The smallest absolute Gasteiger partial charge is 0.379 e. The molecular formula is C14H17N2O6P. The van der Waals surface area contributed by atoms with Crippen molar-refractivity contribution >= 4 is 25.8 Å². The van der Waals surface area contributed by atoms with E-state index in [1.165, 1.54) is 7.11 Å². The Hall–Kier alpha value is -1.57. The van der Waals surface area contributed by atoms with E-state index in [1.54, 1.807) is 0 Å². The van der Waals surface area contributed by atoms with Crippen LogP contribution in [0.4, 0.5) is 5.69 Å². The summed E-state index contributed by atoms with van der Waals surface area (Å²) in [7, 11) is -2.05. The van der Waals surface area contributed by atoms with Gasteiger partial charge in [-0.15, -0.1) is 0 Å². The topological polar surface area (TPSA) is 101 Å². The third-order valence-electron chi connectivity index (χ3n) is 3.66. The number of carbonyl (C=O) groups is 1. The maximum absolute atomic E-state index is 12.5. The molecule has 23 heavy (non-hydrogen) atoms. The van der Waals surface area contributed by atoms with E-state index in [0.29, 0.717) is 5.69 Å². The summed E-state index contributed by atoms with van der Waals surface area (Å²) in [4.78, 5) is 28.4. The first-order chi connectivity index (χ1) is 10.9. The van der Waals surface area contributed by atoms with Gasteiger partial charge in [-0.3, -0.25) is 10.1 Å². The van der Waals surface area contributed by atoms with E-state index in [4.69, 9.17) is 18.3 Å². The molecule has 0 atom stereocenters. The van der Waals surface area contributed by atoms with Gasteiger partial charge in [-0.2, -0.15) is 18.6 Å². The van der Waals surface area contributed by atoms with Crippen LogP contribution in [0.3, 0.4) is 0 Å². The van der Waals surface area contributed by atoms with Gasteiger partial charge in [-0.25, -0.2) is 0 Å². The van der Waals surface area contributed by atoms with Crippen molar-refractivity contribution in [2.24, 2.45) is 10.4 Å². The predicted octanol–water partition coefficient (Wildman–Crippen LogP) is 0.846. The molecule has 0 saturated carbocycles. The molecule has 8 nitrogen and oxygen atoms in total. The van der Waals surface area contributed by atoms with Gasteiger partial charge in [0, 0.05) is 0 Å². The summed E-state index contributed by atoms with van der Waals surface area (Å²) >= 11 is 0. The Morgan fingerprint density at radius 1 is 1.26 bits per heavy atom. The molecule has 0 radical (unpaired) electrons. The highest BCUT2D eigenvalue weighted by Gasteiger charge is 2.59. The Labute approximate surface area is 134 Å². The normalized spacial score (nSPS) is 30.1. The largest absolute Gasteiger partial charge is 0.606 e. The number of hydrogen-bond donors (Lipinski definition) is 1. The van der Waals surface area contributed by atoms with Crippen LogP contribution in [0.15, 0.2) is 29.3 Å². The summed E-state index contributed by atoms with van der Waals surface area (Å²) < 4.78 is 20.1. The van der Waals surface area contributed by atoms with Gasteiger partial charge < -0.3 is 9.63 Å². The number of nitrogens with zero attached hydrogens (tertiary/aromatic N) is 1. The van der Waals surface area contributed by atoms with Gasteiger partial charge in [0.05, 0.1) is 12.8 Å². The van der Waals surface area contributed by atoms with Crippen LogP contribution in [0, 0.1) is 12.3 Å². The maximum Gasteiger partial charge on any atom is 0.379 e. The van der Waals surface area contributed by atoms with Gasteiger partial charge in [-0.1, -0.05) is 17.7 Å². The van der Waals surface area contributed by atoms with Gasteiger partial charge in [-0.05, 0) is 19.1 Å². The van der Waals surface area contributed by atoms with Gasteiger partial charge in [0.15, 0.2) is 0 Å². The number of ether oxygens (including phenoxy) is 1. The molecule has 3 aliphatic rings. The molecule has 3 saturated heterocycles. The van der Waals surface area contributed by atoms with E-state index < -0.39 is 19.5 Å². The number of carbonyl (C=O) groups excluding carboxylic acids is 1. The fraction of sp³-hybridized carbons (Fsp3) is 0.429. The van der Waals surface area contributed by atoms with Crippen LogP contribution in [-0.4, -0.2) is 38.9 Å². The molecule has 1 amide bonds. The van der Waals surface area contributed by atoms with E-state index in [0.717, 1.165) is 5.56 Å². The molecule has 0 aromatic heterocycles. The minimum atomic E-state index is -3.45. The number of hydrogen-bond acceptors (Lipinski definition) is 7. The molecule has 0 spiro atoms. The van der Waals surface area contributed by atoms with E-state index in [-0.39, 0.29) is 25.8 Å². The Bertz CT molecular complexity index is 608. The lowest BCUT2D eigenvalue weighted by molar-refractivity contribution is -0.284. The lowest BCUT2D eigenvalue weighted by Gasteiger charge is -2.44. The van der Waals surface area contributed by atoms with Crippen molar-refractivity contribution < 1.29 is 28.0 Å². The summed E-state index contributed by atoms with van der Waals surface area (Å²) in [5, 5.41) is 2.59. The quantitative estimate of drug-likeness (QED) is 0.486. The van der Waals surface area contributed by atoms with Gasteiger partial charge >= 0.3 is 8.17 Å². The Balaban J connectivity index is 1.71. The Morgan fingerprint density at radius 3 is 2.35 bits per heavy atom. The average molecular weight is 340 g/mol. The number of methoxy groups -OCH3 is 1. The zero-order valence-electron chi connectivity index (χ0n) is 12.8. The Morgan fingerprint density at radius 2 is 1.83 bits per heavy atom. The molecular weight excluding hydrogens is 323 g/mol. The number of amides is 1. The van der Waals surface area contributed by atoms with Crippen LogP contribution in [0.25, 0.3) is 0 Å². The van der Waals surface area contributed by atoms with Crippen LogP contribution < -0.4 is 10.2 Å². The first kappa shape index (κ1) is 16.3. The molecule has 1 aromatic carbocycles. The molecule has 9 heteroatoms. The van der Waals surface area contributed by atoms with Crippen LogP contribution >= 0.6 is 8.17 Å². The number of phosphoric ester groups is 1. The minimum Gasteiger partial charge on any atom is -0.606 e. The highest BCUT2D eigenvalue weighted by Crippen LogP contribution is 2.63. The summed E-state index contributed by atoms with van der Waals surface area (Å²) in [6.45, 7) is 1.88. The second-order valence-electron chi connectivity index (χ2n) is 5.46. The molecule has 1 N–H and O–H groups in total. The van der Waals surface area contributed by atoms with Crippen molar-refractivity contribution in [3.63, 3.8) is 0 Å². The minimum absolute atomic E-state index is 0.0301. The molecule has 4 rings (SSSR count). The first-order valence-electron chi connectivity index (χ1n) is 6.99. The standard InChI is InChI=1S/C14H17N2O6P/c1-10-3-5-11(6-4-10)15-13(19-2)16-12(17)14-7-20-23(18,21-8-14)22-9-14/h3-6H,7-9H2,1-2H3,(H,15,16,17). The van der Waals surface area contributed by atoms with Crippen molar-refractivity contribution in [3.8, 4) is 0 Å². The fourth-order valence-corrected chi connectivity index (χ4v) is 3.57. The summed E-state index contributed by atoms with van der Waals surface area (Å²) in [5.41, 5.74) is 0.690. The van der Waals surface area contributed by atoms with Crippen molar-refractivity contribution in [2.75, 3.05) is 26.9 Å². The number of benzene rings is 1. The van der Waals surface area contributed by atoms with Crippen molar-refractivity contribution in [3.05, 3.63) is 29.8 Å². The third-order valence-corrected chi connectivity index (χ3v) is 4.99. The molecule has 3 aliphatic heterocycles. The second-order valence-corrected chi connectivity index (χ2v) is 7.13. The average Bonchev–Trinajstić information content (AvgIpc) is 2.57. The number of aryl methyl sites for hydroxylation is 1. The van der Waals surface area contributed by atoms with Crippen LogP contribution in [0.5, 0.6) is 0 Å². The number of amidine groups is 1. The van der Waals surface area contributed by atoms with Gasteiger partial charge in [0.2, 0.25) is 5.91 Å². The monoisotopic (exact) mass is 340 g/mol. The van der Waals surface area contributed by atoms with E-state index in [1.807, 2.05) is 31.2 Å². The SMILES string of the molecule is COC(=Nc1ccc(C)cc1)NC(=O)C12CO[P+]([O-])(OC1)OC2. The highest BCUT2D eigenvalue weighted by atomic mass is 31.2. The summed E-state index contributed by atoms with van der Waals surface area (Å²) in [6, 6.07) is 7.48. The van der Waals surface area contributed by atoms with Gasteiger partial charge in [0.1, 0.15) is 25.2 Å². The summed E-state index contributed by atoms with van der Waals surface area (Å²) in [5.74, 6) is -0.420. The van der Waals surface area contributed by atoms with Gasteiger partial charge in [0.25, 0.3) is 6.02 Å². The lowest BCUT2D eigenvalue weighted by Crippen LogP contribution is -2.58. The molecule has 124 valence electrons. The van der Waals surface area contributed by atoms with Crippen molar-refractivity contribution in [1.82, 2.24) is 5.32 Å². The molecule has 1 aromatic rings.